The van der Waals surface area contributed by atoms with Gasteiger partial charge >= 0.3 is 5.97 Å². The second-order valence-electron chi connectivity index (χ2n) is 11.6. The highest BCUT2D eigenvalue weighted by Crippen LogP contribution is 2.66. The second kappa shape index (κ2) is 8.31. The van der Waals surface area contributed by atoms with Crippen LogP contribution in [0.25, 0.3) is 0 Å². The lowest BCUT2D eigenvalue weighted by Gasteiger charge is -2.58. The number of benzene rings is 1. The summed E-state index contributed by atoms with van der Waals surface area (Å²) in [5.41, 5.74) is 2.06. The van der Waals surface area contributed by atoms with Gasteiger partial charge in [-0.3, -0.25) is 14.9 Å². The Labute approximate surface area is 201 Å². The van der Waals surface area contributed by atoms with E-state index in [1.807, 2.05) is 0 Å². The van der Waals surface area contributed by atoms with Gasteiger partial charge in [0.1, 0.15) is 11.9 Å². The Morgan fingerprint density at radius 2 is 1.74 bits per heavy atom. The third-order valence-electron chi connectivity index (χ3n) is 10.1. The Balaban J connectivity index is 1.30. The lowest BCUT2D eigenvalue weighted by Crippen LogP contribution is -2.51. The molecule has 0 aliphatic heterocycles. The maximum Gasteiger partial charge on any atom is 0.338 e. The Bertz CT molecular complexity index is 1050. The fraction of sp³-hybridized carbons (Fsp3) is 0.643. The SMILES string of the molecule is CC(=O)[C@H]1CC[C@H]2[C@@H]3CCC4=C[C@H](OC(=O)c5ccc([N+](=O)[O-])cc5)CC[C@]4(C)[C@H]3CC[C@]12C. The molecule has 34 heavy (non-hydrogen) atoms. The molecule has 3 saturated carbocycles. The van der Waals surface area contributed by atoms with E-state index < -0.39 is 10.9 Å². The average molecular weight is 466 g/mol. The smallest absolute Gasteiger partial charge is 0.338 e. The maximum absolute atomic E-state index is 12.7. The van der Waals surface area contributed by atoms with Gasteiger partial charge in [0.25, 0.3) is 5.69 Å². The van der Waals surface area contributed by atoms with Crippen molar-refractivity contribution in [2.75, 3.05) is 0 Å². The molecule has 4 aliphatic rings. The van der Waals surface area contributed by atoms with E-state index in [-0.39, 0.29) is 28.5 Å². The van der Waals surface area contributed by atoms with E-state index in [0.717, 1.165) is 32.1 Å². The Morgan fingerprint density at radius 1 is 1.00 bits per heavy atom. The summed E-state index contributed by atoms with van der Waals surface area (Å²) in [4.78, 5) is 35.4. The van der Waals surface area contributed by atoms with Crippen LogP contribution in [0, 0.1) is 44.6 Å². The van der Waals surface area contributed by atoms with Gasteiger partial charge in [-0.1, -0.05) is 19.4 Å². The molecular weight excluding hydrogens is 430 g/mol. The van der Waals surface area contributed by atoms with Crippen LogP contribution in [-0.4, -0.2) is 22.8 Å². The second-order valence-corrected chi connectivity index (χ2v) is 11.6. The summed E-state index contributed by atoms with van der Waals surface area (Å²) in [6.07, 6.45) is 10.5. The summed E-state index contributed by atoms with van der Waals surface area (Å²) < 4.78 is 5.81. The first-order valence-electron chi connectivity index (χ1n) is 12.8. The van der Waals surface area contributed by atoms with Crippen LogP contribution >= 0.6 is 0 Å². The number of esters is 1. The predicted molar refractivity (Wildman–Crippen MR) is 128 cm³/mol. The highest BCUT2D eigenvalue weighted by Gasteiger charge is 2.59. The zero-order valence-electron chi connectivity index (χ0n) is 20.4. The molecule has 0 bridgehead atoms. The summed E-state index contributed by atoms with van der Waals surface area (Å²) in [5.74, 6) is 2.16. The average Bonchev–Trinajstić information content (AvgIpc) is 3.17. The summed E-state index contributed by atoms with van der Waals surface area (Å²) in [7, 11) is 0. The molecule has 7 atom stereocenters. The van der Waals surface area contributed by atoms with Gasteiger partial charge in [0.15, 0.2) is 0 Å². The Morgan fingerprint density at radius 3 is 2.41 bits per heavy atom. The molecular formula is C28H35NO5. The molecule has 0 amide bonds. The Hall–Kier alpha value is -2.50. The van der Waals surface area contributed by atoms with Crippen molar-refractivity contribution in [1.29, 1.82) is 0 Å². The van der Waals surface area contributed by atoms with Gasteiger partial charge in [-0.25, -0.2) is 4.79 Å². The number of carbonyl (C=O) groups excluding carboxylic acids is 2. The van der Waals surface area contributed by atoms with Gasteiger partial charge < -0.3 is 4.74 Å². The van der Waals surface area contributed by atoms with Crippen molar-refractivity contribution >= 4 is 17.4 Å². The lowest BCUT2D eigenvalue weighted by molar-refractivity contribution is -0.384. The van der Waals surface area contributed by atoms with Crippen LogP contribution in [0.15, 0.2) is 35.9 Å². The predicted octanol–water partition coefficient (Wildman–Crippen LogP) is 6.29. The van der Waals surface area contributed by atoms with Crippen molar-refractivity contribution in [2.45, 2.75) is 78.2 Å². The zero-order chi connectivity index (χ0) is 24.3. The molecule has 6 nitrogen and oxygen atoms in total. The first kappa shape index (κ1) is 23.3. The number of Topliss-reactive ketones (excluding diaryl/α,β-unsaturated/α-hetero) is 1. The summed E-state index contributed by atoms with van der Waals surface area (Å²) in [5, 5.41) is 10.9. The molecule has 0 spiro atoms. The van der Waals surface area contributed by atoms with E-state index in [1.54, 1.807) is 6.92 Å². The summed E-state index contributed by atoms with van der Waals surface area (Å²) >= 11 is 0. The van der Waals surface area contributed by atoms with Crippen LogP contribution in [0.4, 0.5) is 5.69 Å². The quantitative estimate of drug-likeness (QED) is 0.226. The van der Waals surface area contributed by atoms with E-state index >= 15 is 0 Å². The normalized spacial score (nSPS) is 38.7. The van der Waals surface area contributed by atoms with Gasteiger partial charge in [-0.05, 0) is 105 Å². The third kappa shape index (κ3) is 3.61. The number of nitrogens with zero attached hydrogens (tertiary/aromatic N) is 1. The molecule has 0 radical (unpaired) electrons. The highest BCUT2D eigenvalue weighted by atomic mass is 16.6. The highest BCUT2D eigenvalue weighted by molar-refractivity contribution is 5.89. The number of nitro groups is 1. The number of hydrogen-bond acceptors (Lipinski definition) is 5. The van der Waals surface area contributed by atoms with Crippen molar-refractivity contribution < 1.29 is 19.2 Å². The van der Waals surface area contributed by atoms with Gasteiger partial charge in [0.05, 0.1) is 10.5 Å². The van der Waals surface area contributed by atoms with E-state index in [9.17, 15) is 19.7 Å². The molecule has 3 fully saturated rings. The molecule has 0 N–H and O–H groups in total. The maximum atomic E-state index is 12.7. The van der Waals surface area contributed by atoms with Crippen LogP contribution in [0.3, 0.4) is 0 Å². The van der Waals surface area contributed by atoms with Crippen molar-refractivity contribution in [3.63, 3.8) is 0 Å². The monoisotopic (exact) mass is 465 g/mol. The molecule has 5 rings (SSSR count). The molecule has 6 heteroatoms. The van der Waals surface area contributed by atoms with Crippen molar-refractivity contribution in [1.82, 2.24) is 0 Å². The topological polar surface area (TPSA) is 86.5 Å². The van der Waals surface area contributed by atoms with Gasteiger partial charge in [0.2, 0.25) is 0 Å². The number of allylic oxidation sites excluding steroid dienone is 1. The largest absolute Gasteiger partial charge is 0.455 e. The number of non-ortho nitro benzene ring substituents is 1. The first-order valence-corrected chi connectivity index (χ1v) is 12.8. The molecule has 182 valence electrons. The van der Waals surface area contributed by atoms with E-state index in [1.165, 1.54) is 49.1 Å². The Kier molecular flexibility index (Phi) is 5.69. The summed E-state index contributed by atoms with van der Waals surface area (Å²) in [6.45, 7) is 6.59. The molecule has 0 aromatic heterocycles. The minimum atomic E-state index is -0.475. The van der Waals surface area contributed by atoms with Gasteiger partial charge in [-0.15, -0.1) is 0 Å². The first-order chi connectivity index (χ1) is 16.1. The molecule has 0 saturated heterocycles. The van der Waals surface area contributed by atoms with Crippen LogP contribution in [-0.2, 0) is 9.53 Å². The molecule has 4 aliphatic carbocycles. The van der Waals surface area contributed by atoms with Crippen LogP contribution in [0.2, 0.25) is 0 Å². The molecule has 0 unspecified atom stereocenters. The number of ketones is 1. The number of carbonyl (C=O) groups is 2. The van der Waals surface area contributed by atoms with E-state index in [2.05, 4.69) is 19.9 Å². The molecule has 1 aromatic carbocycles. The van der Waals surface area contributed by atoms with Crippen molar-refractivity contribution in [2.24, 2.45) is 34.5 Å². The number of ether oxygens (including phenoxy) is 1. The fourth-order valence-corrected chi connectivity index (χ4v) is 8.38. The number of nitro benzene ring substituents is 1. The van der Waals surface area contributed by atoms with Gasteiger partial charge in [-0.2, -0.15) is 0 Å². The van der Waals surface area contributed by atoms with Crippen molar-refractivity contribution in [3.05, 3.63) is 51.6 Å². The van der Waals surface area contributed by atoms with E-state index in [4.69, 9.17) is 4.74 Å². The van der Waals surface area contributed by atoms with Gasteiger partial charge in [0, 0.05) is 18.1 Å². The summed E-state index contributed by atoms with van der Waals surface area (Å²) in [6, 6.07) is 5.59. The lowest BCUT2D eigenvalue weighted by atomic mass is 9.46. The van der Waals surface area contributed by atoms with Crippen LogP contribution < -0.4 is 0 Å². The number of rotatable bonds is 4. The zero-order valence-corrected chi connectivity index (χ0v) is 20.4. The standard InChI is InChI=1S/C28H35NO5/c1-17(30)23-10-11-24-22-9-6-19-16-21(12-14-27(19,2)25(22)13-15-28(23,24)3)34-26(31)18-4-7-20(8-5-18)29(32)33/h4-5,7-8,16,21-25H,6,9-15H2,1-3H3/t21-,22+,23-,24+,25+,27+,28-/m1/s1. The minimum absolute atomic E-state index is 0.0377. The number of hydrogen-bond donors (Lipinski definition) is 0. The minimum Gasteiger partial charge on any atom is -0.455 e. The fourth-order valence-electron chi connectivity index (χ4n) is 8.38. The van der Waals surface area contributed by atoms with Crippen molar-refractivity contribution in [3.8, 4) is 0 Å². The molecule has 0 heterocycles. The molecule has 1 aromatic rings. The third-order valence-corrected chi connectivity index (χ3v) is 10.1. The van der Waals surface area contributed by atoms with Crippen LogP contribution in [0.1, 0.15) is 82.5 Å². The van der Waals surface area contributed by atoms with Crippen LogP contribution in [0.5, 0.6) is 0 Å². The van der Waals surface area contributed by atoms with E-state index in [0.29, 0.717) is 29.1 Å². The number of fused-ring (bicyclic) bond motifs is 5.